The summed E-state index contributed by atoms with van der Waals surface area (Å²) >= 11 is 0. The van der Waals surface area contributed by atoms with Crippen molar-refractivity contribution in [2.75, 3.05) is 0 Å². The van der Waals surface area contributed by atoms with E-state index >= 15 is 0 Å². The van der Waals surface area contributed by atoms with Crippen LogP contribution in [0.5, 0.6) is 0 Å². The van der Waals surface area contributed by atoms with E-state index in [9.17, 15) is 0 Å². The van der Waals surface area contributed by atoms with Crippen LogP contribution >= 0.6 is 0 Å². The van der Waals surface area contributed by atoms with Crippen LogP contribution in [0.4, 0.5) is 0 Å². The molecule has 0 saturated heterocycles. The Balaban J connectivity index is 1.06. The first-order valence-electron chi connectivity index (χ1n) is 21.3. The van der Waals surface area contributed by atoms with Gasteiger partial charge in [0.15, 0.2) is 0 Å². The van der Waals surface area contributed by atoms with E-state index in [0.717, 1.165) is 5.56 Å². The maximum Gasteiger partial charge on any atom is 0.0346 e. The van der Waals surface area contributed by atoms with Crippen LogP contribution in [-0.2, 0) is 0 Å². The van der Waals surface area contributed by atoms with Gasteiger partial charge in [0.1, 0.15) is 0 Å². The molecule has 1 heteroatoms. The summed E-state index contributed by atoms with van der Waals surface area (Å²) in [5.74, 6) is 0. The Kier molecular flexibility index (Phi) is 9.61. The highest BCUT2D eigenvalue weighted by molar-refractivity contribution is 6.21. The summed E-state index contributed by atoms with van der Waals surface area (Å²) in [5, 5.41) is 4.93. The Hall–Kier alpha value is -8.13. The molecule has 0 bridgehead atoms. The third-order valence-electron chi connectivity index (χ3n) is 12.2. The van der Waals surface area contributed by atoms with Crippen molar-refractivity contribution in [1.82, 2.24) is 4.98 Å². The van der Waals surface area contributed by atoms with Crippen molar-refractivity contribution in [1.29, 1.82) is 0 Å². The fourth-order valence-corrected chi connectivity index (χ4v) is 9.39. The molecule has 0 aliphatic rings. The van der Waals surface area contributed by atoms with E-state index in [1.807, 2.05) is 18.5 Å². The molecular weight excluding hydrogens is 747 g/mol. The molecule has 0 unspecified atom stereocenters. The smallest absolute Gasteiger partial charge is 0.0346 e. The lowest BCUT2D eigenvalue weighted by Crippen LogP contribution is -1.98. The molecule has 0 aliphatic carbocycles. The highest BCUT2D eigenvalue weighted by atomic mass is 14.6. The van der Waals surface area contributed by atoms with Crippen molar-refractivity contribution >= 4 is 21.5 Å². The number of nitrogens with zero attached hydrogens (tertiary/aromatic N) is 1. The van der Waals surface area contributed by atoms with Gasteiger partial charge < -0.3 is 0 Å². The van der Waals surface area contributed by atoms with E-state index in [1.54, 1.807) is 0 Å². The molecule has 11 rings (SSSR count). The number of rotatable bonds is 8. The van der Waals surface area contributed by atoms with Gasteiger partial charge in [-0.2, -0.15) is 0 Å². The van der Waals surface area contributed by atoms with Crippen molar-refractivity contribution < 1.29 is 0 Å². The topological polar surface area (TPSA) is 12.9 Å². The summed E-state index contributed by atoms with van der Waals surface area (Å²) in [7, 11) is 0. The molecule has 10 aromatic carbocycles. The molecule has 0 N–H and O–H groups in total. The van der Waals surface area contributed by atoms with Crippen LogP contribution in [0.15, 0.2) is 249 Å². The molecule has 0 amide bonds. The van der Waals surface area contributed by atoms with Crippen LogP contribution < -0.4 is 0 Å². The van der Waals surface area contributed by atoms with E-state index in [0.29, 0.717) is 0 Å². The third-order valence-corrected chi connectivity index (χ3v) is 12.2. The lowest BCUT2D eigenvalue weighted by atomic mass is 9.79. The number of fused-ring (bicyclic) bond motifs is 2. The monoisotopic (exact) mass is 787 g/mol. The normalized spacial score (nSPS) is 11.2. The molecule has 62 heavy (non-hydrogen) atoms. The highest BCUT2D eigenvalue weighted by Gasteiger charge is 2.24. The lowest BCUT2D eigenvalue weighted by molar-refractivity contribution is 1.33. The second kappa shape index (κ2) is 16.1. The minimum absolute atomic E-state index is 1.13. The predicted octanol–water partition coefficient (Wildman–Crippen LogP) is 16.7. The number of hydrogen-bond donors (Lipinski definition) is 0. The second-order valence-electron chi connectivity index (χ2n) is 15.8. The average molecular weight is 788 g/mol. The van der Waals surface area contributed by atoms with Crippen molar-refractivity contribution in [3.63, 3.8) is 0 Å². The summed E-state index contributed by atoms with van der Waals surface area (Å²) in [6.45, 7) is 0. The fraction of sp³-hybridized carbons (Fsp3) is 0. The standard InChI is InChI=1S/C61H41N/c1-5-18-44(19-6-1)55-40-56(60(47-22-9-3-10-23-47)61(48-24-11-4-12-25-48)59(55)46-20-7-2-8-21-46)45-35-31-42(32-36-45)43-33-37-49(38-34-43)57-51-27-13-15-29-53(51)58(50-26-17-39-62-41-50)54-30-16-14-28-52(54)57/h1-41H. The number of benzene rings is 10. The third kappa shape index (κ3) is 6.67. The first-order chi connectivity index (χ1) is 30.8. The number of aromatic nitrogens is 1. The highest BCUT2D eigenvalue weighted by Crippen LogP contribution is 2.50. The molecule has 0 fully saturated rings. The molecular formula is C61H41N. The molecule has 290 valence electrons. The molecule has 1 aromatic heterocycles. The molecule has 0 atom stereocenters. The first kappa shape index (κ1) is 36.9. The van der Waals surface area contributed by atoms with E-state index < -0.39 is 0 Å². The van der Waals surface area contributed by atoms with E-state index in [1.165, 1.54) is 105 Å². The second-order valence-corrected chi connectivity index (χ2v) is 15.8. The summed E-state index contributed by atoms with van der Waals surface area (Å²) in [5.41, 5.74) is 19.2. The minimum atomic E-state index is 1.13. The van der Waals surface area contributed by atoms with Gasteiger partial charge in [-0.1, -0.05) is 224 Å². The van der Waals surface area contributed by atoms with Crippen LogP contribution in [0.2, 0.25) is 0 Å². The maximum atomic E-state index is 4.48. The Morgan fingerprint density at radius 1 is 0.210 bits per heavy atom. The van der Waals surface area contributed by atoms with Gasteiger partial charge in [-0.25, -0.2) is 0 Å². The van der Waals surface area contributed by atoms with Gasteiger partial charge in [0.25, 0.3) is 0 Å². The zero-order valence-corrected chi connectivity index (χ0v) is 34.1. The largest absolute Gasteiger partial charge is 0.264 e. The van der Waals surface area contributed by atoms with Crippen LogP contribution in [0.25, 0.3) is 111 Å². The Morgan fingerprint density at radius 2 is 0.516 bits per heavy atom. The molecule has 0 saturated carbocycles. The first-order valence-corrected chi connectivity index (χ1v) is 21.3. The molecule has 1 heterocycles. The number of hydrogen-bond acceptors (Lipinski definition) is 1. The summed E-state index contributed by atoms with van der Waals surface area (Å²) < 4.78 is 0. The van der Waals surface area contributed by atoms with E-state index in [2.05, 4.69) is 236 Å². The van der Waals surface area contributed by atoms with Crippen LogP contribution in [-0.4, -0.2) is 4.98 Å². The SMILES string of the molecule is c1ccc(-c2cc(-c3ccc(-c4ccc(-c5c6ccccc6c(-c6cccnc6)c6ccccc56)cc4)cc3)c(-c3ccccc3)c(-c3ccccc3)c2-c2ccccc2)cc1. The Bertz CT molecular complexity index is 3270. The van der Waals surface area contributed by atoms with Crippen molar-refractivity contribution in [2.24, 2.45) is 0 Å². The van der Waals surface area contributed by atoms with Gasteiger partial charge in [-0.05, 0) is 117 Å². The summed E-state index contributed by atoms with van der Waals surface area (Å²) in [6.07, 6.45) is 3.81. The molecule has 0 spiro atoms. The quantitative estimate of drug-likeness (QED) is 0.140. The molecule has 1 nitrogen and oxygen atoms in total. The Morgan fingerprint density at radius 3 is 0.935 bits per heavy atom. The van der Waals surface area contributed by atoms with E-state index in [-0.39, 0.29) is 0 Å². The zero-order chi connectivity index (χ0) is 41.2. The van der Waals surface area contributed by atoms with E-state index in [4.69, 9.17) is 0 Å². The van der Waals surface area contributed by atoms with Gasteiger partial charge >= 0.3 is 0 Å². The Labute approximate surface area is 362 Å². The number of pyridine rings is 1. The molecule has 11 aromatic rings. The average Bonchev–Trinajstić information content (AvgIpc) is 3.36. The maximum absolute atomic E-state index is 4.48. The zero-order valence-electron chi connectivity index (χ0n) is 34.1. The van der Waals surface area contributed by atoms with Crippen molar-refractivity contribution in [3.05, 3.63) is 249 Å². The fourth-order valence-electron chi connectivity index (χ4n) is 9.39. The minimum Gasteiger partial charge on any atom is -0.264 e. The van der Waals surface area contributed by atoms with Crippen LogP contribution in [0.1, 0.15) is 0 Å². The van der Waals surface area contributed by atoms with Gasteiger partial charge in [0.2, 0.25) is 0 Å². The van der Waals surface area contributed by atoms with Gasteiger partial charge in [0.05, 0.1) is 0 Å². The summed E-state index contributed by atoms with van der Waals surface area (Å²) in [6, 6.07) is 85.9. The van der Waals surface area contributed by atoms with Crippen LogP contribution in [0.3, 0.4) is 0 Å². The van der Waals surface area contributed by atoms with Gasteiger partial charge in [-0.3, -0.25) is 4.98 Å². The molecule has 0 radical (unpaired) electrons. The summed E-state index contributed by atoms with van der Waals surface area (Å²) in [4.78, 5) is 4.48. The van der Waals surface area contributed by atoms with Crippen molar-refractivity contribution in [2.45, 2.75) is 0 Å². The lowest BCUT2D eigenvalue weighted by Gasteiger charge is -2.24. The van der Waals surface area contributed by atoms with Crippen molar-refractivity contribution in [3.8, 4) is 89.0 Å². The molecule has 0 aliphatic heterocycles. The predicted molar refractivity (Wildman–Crippen MR) is 263 cm³/mol. The van der Waals surface area contributed by atoms with Crippen LogP contribution in [0, 0.1) is 0 Å². The van der Waals surface area contributed by atoms with Gasteiger partial charge in [-0.15, -0.1) is 0 Å². The van der Waals surface area contributed by atoms with Gasteiger partial charge in [0, 0.05) is 18.0 Å².